The van der Waals surface area contributed by atoms with Crippen molar-refractivity contribution in [2.45, 2.75) is 12.5 Å². The summed E-state index contributed by atoms with van der Waals surface area (Å²) in [4.78, 5) is 9.90. The Morgan fingerprint density at radius 2 is 2.17 bits per heavy atom. The number of imidazole rings is 1. The molecular weight excluding hydrogens is 370 g/mol. The first kappa shape index (κ1) is 16.0. The molecule has 1 atom stereocenters. The first-order valence-corrected chi connectivity index (χ1v) is 9.33. The molecule has 6 rings (SSSR count). The molecule has 6 heterocycles. The van der Waals surface area contributed by atoms with E-state index in [2.05, 4.69) is 36.2 Å². The Morgan fingerprint density at radius 1 is 1.21 bits per heavy atom. The number of nitrogens with one attached hydrogen (secondary N) is 1. The molecule has 0 bridgehead atoms. The van der Waals surface area contributed by atoms with Crippen LogP contribution >= 0.6 is 0 Å². The van der Waals surface area contributed by atoms with Crippen molar-refractivity contribution in [2.24, 2.45) is 7.05 Å². The minimum atomic E-state index is -0.218. The molecule has 5 aromatic heterocycles. The van der Waals surface area contributed by atoms with E-state index in [4.69, 9.17) is 9.52 Å². The number of aromatic nitrogens is 8. The number of hydrogen-bond donors (Lipinski definition) is 1. The van der Waals surface area contributed by atoms with Gasteiger partial charge in [0.2, 0.25) is 0 Å². The van der Waals surface area contributed by atoms with Crippen molar-refractivity contribution in [2.75, 3.05) is 11.4 Å². The number of aryl methyl sites for hydroxylation is 1. The van der Waals surface area contributed by atoms with E-state index >= 15 is 0 Å². The third-order valence-corrected chi connectivity index (χ3v) is 5.29. The van der Waals surface area contributed by atoms with Gasteiger partial charge in [-0.25, -0.2) is 9.50 Å². The number of nitrogens with zero attached hydrogens (tertiary/aromatic N) is 8. The lowest BCUT2D eigenvalue weighted by atomic mass is 10.0. The summed E-state index contributed by atoms with van der Waals surface area (Å²) in [6, 6.07) is 10.1. The summed E-state index contributed by atoms with van der Waals surface area (Å²) in [6.07, 6.45) is 6.18. The first-order valence-electron chi connectivity index (χ1n) is 9.33. The highest BCUT2D eigenvalue weighted by atomic mass is 16.4. The molecule has 0 unspecified atom stereocenters. The van der Waals surface area contributed by atoms with Crippen molar-refractivity contribution in [3.05, 3.63) is 66.1 Å². The Hall–Kier alpha value is -3.95. The van der Waals surface area contributed by atoms with Crippen LogP contribution in [0.2, 0.25) is 0 Å². The maximum Gasteiger partial charge on any atom is 0.319 e. The summed E-state index contributed by atoms with van der Waals surface area (Å²) >= 11 is 0. The topological polar surface area (TPSA) is 106 Å². The quantitative estimate of drug-likeness (QED) is 0.505. The second-order valence-electron chi connectivity index (χ2n) is 6.98. The van der Waals surface area contributed by atoms with Gasteiger partial charge in [0.05, 0.1) is 23.2 Å². The number of pyridine rings is 1. The zero-order chi connectivity index (χ0) is 19.4. The third-order valence-electron chi connectivity index (χ3n) is 5.29. The molecule has 1 aliphatic rings. The number of aromatic amines is 1. The summed E-state index contributed by atoms with van der Waals surface area (Å²) < 4.78 is 9.61. The number of H-pyrrole nitrogens is 1. The van der Waals surface area contributed by atoms with Gasteiger partial charge < -0.3 is 14.3 Å². The van der Waals surface area contributed by atoms with Gasteiger partial charge in [0, 0.05) is 38.1 Å². The number of anilines is 1. The minimum absolute atomic E-state index is 0.218. The zero-order valence-corrected chi connectivity index (χ0v) is 15.6. The average Bonchev–Trinajstić information content (AvgIpc) is 3.51. The Bertz CT molecular complexity index is 1280. The van der Waals surface area contributed by atoms with E-state index in [1.165, 1.54) is 0 Å². The molecule has 1 N–H and O–H groups in total. The molecule has 0 saturated carbocycles. The molecule has 144 valence electrons. The molecule has 0 aliphatic carbocycles. The van der Waals surface area contributed by atoms with Gasteiger partial charge in [-0.3, -0.25) is 4.68 Å². The van der Waals surface area contributed by atoms with Crippen molar-refractivity contribution in [3.63, 3.8) is 0 Å². The van der Waals surface area contributed by atoms with Gasteiger partial charge in [-0.2, -0.15) is 10.2 Å². The van der Waals surface area contributed by atoms with Crippen LogP contribution in [0.4, 0.5) is 6.01 Å². The Kier molecular flexibility index (Phi) is 3.33. The first-order chi connectivity index (χ1) is 14.3. The molecule has 1 aliphatic heterocycles. The summed E-state index contributed by atoms with van der Waals surface area (Å²) in [6.45, 7) is 0.709. The normalized spacial score (nSPS) is 16.4. The van der Waals surface area contributed by atoms with Crippen molar-refractivity contribution >= 4 is 11.5 Å². The van der Waals surface area contributed by atoms with Crippen molar-refractivity contribution < 1.29 is 4.42 Å². The number of fused-ring (bicyclic) bond motifs is 2. The maximum atomic E-state index is 6.04. The van der Waals surface area contributed by atoms with Crippen LogP contribution in [-0.2, 0) is 13.5 Å². The third kappa shape index (κ3) is 2.45. The highest BCUT2D eigenvalue weighted by molar-refractivity contribution is 5.53. The molecule has 10 heteroatoms. The van der Waals surface area contributed by atoms with Crippen LogP contribution in [0, 0.1) is 0 Å². The minimum Gasteiger partial charge on any atom is -0.402 e. The molecule has 0 amide bonds. The van der Waals surface area contributed by atoms with E-state index in [1.54, 1.807) is 17.2 Å². The maximum absolute atomic E-state index is 6.04. The molecule has 29 heavy (non-hydrogen) atoms. The lowest BCUT2D eigenvalue weighted by molar-refractivity contribution is 0.500. The fraction of sp³-hybridized carbons (Fsp3) is 0.211. The second-order valence-corrected chi connectivity index (χ2v) is 6.98. The molecule has 0 spiro atoms. The van der Waals surface area contributed by atoms with Crippen molar-refractivity contribution in [3.8, 4) is 11.6 Å². The monoisotopic (exact) mass is 387 g/mol. The number of hydrogen-bond acceptors (Lipinski definition) is 7. The molecule has 0 saturated heterocycles. The smallest absolute Gasteiger partial charge is 0.319 e. The SMILES string of the molecule is Cn1nccc1-c1nnc(N2CCc3[nH]cnc3[C@@H]2c2cc3ccccn3n2)o1. The molecular formula is C19H17N9O. The summed E-state index contributed by atoms with van der Waals surface area (Å²) in [5.41, 5.74) is 4.70. The predicted octanol–water partition coefficient (Wildman–Crippen LogP) is 1.99. The van der Waals surface area contributed by atoms with E-state index < -0.39 is 0 Å². The summed E-state index contributed by atoms with van der Waals surface area (Å²) in [7, 11) is 1.84. The predicted molar refractivity (Wildman–Crippen MR) is 103 cm³/mol. The zero-order valence-electron chi connectivity index (χ0n) is 15.6. The summed E-state index contributed by atoms with van der Waals surface area (Å²) in [5, 5.41) is 17.5. The average molecular weight is 387 g/mol. The lowest BCUT2D eigenvalue weighted by Crippen LogP contribution is -2.36. The van der Waals surface area contributed by atoms with Crippen LogP contribution in [0.25, 0.3) is 17.1 Å². The molecule has 5 aromatic rings. The van der Waals surface area contributed by atoms with Crippen molar-refractivity contribution in [1.29, 1.82) is 0 Å². The largest absolute Gasteiger partial charge is 0.402 e. The van der Waals surface area contributed by atoms with E-state index in [9.17, 15) is 0 Å². The van der Waals surface area contributed by atoms with Gasteiger partial charge in [-0.1, -0.05) is 11.2 Å². The molecule has 0 aromatic carbocycles. The van der Waals surface area contributed by atoms with E-state index in [1.807, 2.05) is 42.0 Å². The van der Waals surface area contributed by atoms with Gasteiger partial charge in [0.25, 0.3) is 5.89 Å². The standard InChI is InChI=1S/C19H17N9O/c1-26-15(5-7-22-26)18-23-24-19(29-18)27-9-6-13-16(21-11-20-13)17(27)14-10-12-4-2-3-8-28(12)25-14/h2-5,7-8,10-11,17H,6,9H2,1H3,(H,20,21)/t17-/m0/s1. The van der Waals surface area contributed by atoms with Crippen LogP contribution in [0.3, 0.4) is 0 Å². The fourth-order valence-electron chi connectivity index (χ4n) is 3.89. The van der Waals surface area contributed by atoms with E-state index in [-0.39, 0.29) is 6.04 Å². The highest BCUT2D eigenvalue weighted by Gasteiger charge is 2.36. The van der Waals surface area contributed by atoms with Crippen LogP contribution in [0.1, 0.15) is 23.1 Å². The van der Waals surface area contributed by atoms with Gasteiger partial charge >= 0.3 is 6.01 Å². The molecule has 10 nitrogen and oxygen atoms in total. The van der Waals surface area contributed by atoms with Gasteiger partial charge in [0.15, 0.2) is 0 Å². The number of rotatable bonds is 3. The van der Waals surface area contributed by atoms with Crippen LogP contribution < -0.4 is 4.90 Å². The lowest BCUT2D eigenvalue weighted by Gasteiger charge is -2.32. The second kappa shape index (κ2) is 6.03. The van der Waals surface area contributed by atoms with Crippen LogP contribution in [-0.4, -0.2) is 46.1 Å². The van der Waals surface area contributed by atoms with Gasteiger partial charge in [-0.15, -0.1) is 5.10 Å². The van der Waals surface area contributed by atoms with Crippen molar-refractivity contribution in [1.82, 2.24) is 39.6 Å². The summed E-state index contributed by atoms with van der Waals surface area (Å²) in [5.74, 6) is 0.432. The Balaban J connectivity index is 1.46. The van der Waals surface area contributed by atoms with Crippen LogP contribution in [0.15, 0.2) is 53.5 Å². The van der Waals surface area contributed by atoms with E-state index in [0.717, 1.165) is 34.7 Å². The van der Waals surface area contributed by atoms with Crippen LogP contribution in [0.5, 0.6) is 0 Å². The molecule has 0 fully saturated rings. The molecule has 0 radical (unpaired) electrons. The van der Waals surface area contributed by atoms with Gasteiger partial charge in [-0.05, 0) is 24.3 Å². The Morgan fingerprint density at radius 3 is 3.03 bits per heavy atom. The van der Waals surface area contributed by atoms with E-state index in [0.29, 0.717) is 18.5 Å². The Labute approximate surface area is 164 Å². The highest BCUT2D eigenvalue weighted by Crippen LogP contribution is 2.36. The van der Waals surface area contributed by atoms with Gasteiger partial charge in [0.1, 0.15) is 11.7 Å². The fourth-order valence-corrected chi connectivity index (χ4v) is 3.89.